The number of hydrogen-bond donors (Lipinski definition) is 0. The molecule has 7 aromatic carbocycles. The van der Waals surface area contributed by atoms with Gasteiger partial charge in [0.05, 0.1) is 5.41 Å². The fourth-order valence-corrected chi connectivity index (χ4v) is 8.26. The number of rotatable bonds is 3. The molecule has 0 nitrogen and oxygen atoms in total. The van der Waals surface area contributed by atoms with E-state index in [9.17, 15) is 0 Å². The second kappa shape index (κ2) is 9.27. The highest BCUT2D eigenvalue weighted by Gasteiger charge is 2.53. The molecule has 1 spiro atoms. The summed E-state index contributed by atoms with van der Waals surface area (Å²) in [7, 11) is 0. The van der Waals surface area contributed by atoms with Crippen LogP contribution in [-0.4, -0.2) is 0 Å². The number of fused-ring (bicyclic) bond motifs is 14. The van der Waals surface area contributed by atoms with E-state index in [0.29, 0.717) is 0 Å². The molecular weight excluding hydrogens is 528 g/mol. The van der Waals surface area contributed by atoms with Gasteiger partial charge in [-0.25, -0.2) is 0 Å². The lowest BCUT2D eigenvalue weighted by atomic mass is 9.69. The van der Waals surface area contributed by atoms with Gasteiger partial charge in [0, 0.05) is 0 Å². The van der Waals surface area contributed by atoms with Crippen molar-refractivity contribution in [3.05, 3.63) is 186 Å². The molecule has 0 atom stereocenters. The first-order valence-corrected chi connectivity index (χ1v) is 15.4. The van der Waals surface area contributed by atoms with E-state index in [-0.39, 0.29) is 0 Å². The van der Waals surface area contributed by atoms with Gasteiger partial charge in [-0.05, 0) is 101 Å². The van der Waals surface area contributed by atoms with Gasteiger partial charge in [-0.3, -0.25) is 0 Å². The summed E-state index contributed by atoms with van der Waals surface area (Å²) >= 11 is 0. The molecule has 0 N–H and O–H groups in total. The summed E-state index contributed by atoms with van der Waals surface area (Å²) in [6.07, 6.45) is 4.05. The van der Waals surface area contributed by atoms with Crippen LogP contribution in [0.2, 0.25) is 0 Å². The lowest BCUT2D eigenvalue weighted by Crippen LogP contribution is -2.26. The molecule has 0 amide bonds. The zero-order valence-electron chi connectivity index (χ0n) is 24.6. The Labute approximate surface area is 258 Å². The van der Waals surface area contributed by atoms with Crippen molar-refractivity contribution < 1.29 is 0 Å². The molecule has 0 fully saturated rings. The molecule has 0 heterocycles. The summed E-state index contributed by atoms with van der Waals surface area (Å²) in [5.74, 6) is 0. The van der Waals surface area contributed by atoms with E-state index in [2.05, 4.69) is 159 Å². The quantitative estimate of drug-likeness (QED) is 0.189. The summed E-state index contributed by atoms with van der Waals surface area (Å²) < 4.78 is 0. The molecule has 2 aliphatic rings. The first kappa shape index (κ1) is 25.1. The van der Waals surface area contributed by atoms with Gasteiger partial charge in [-0.2, -0.15) is 0 Å². The molecule has 0 aromatic heterocycles. The number of allylic oxidation sites excluding steroid dienone is 3. The molecule has 44 heavy (non-hydrogen) atoms. The van der Waals surface area contributed by atoms with E-state index >= 15 is 0 Å². The summed E-state index contributed by atoms with van der Waals surface area (Å²) in [4.78, 5) is 0. The Morgan fingerprint density at radius 2 is 1.16 bits per heavy atom. The maximum Gasteiger partial charge on any atom is 0.0731 e. The van der Waals surface area contributed by atoms with Crippen molar-refractivity contribution in [1.82, 2.24) is 0 Å². The summed E-state index contributed by atoms with van der Waals surface area (Å²) in [5.41, 5.74) is 15.3. The largest absolute Gasteiger partial charge is 0.0985 e. The van der Waals surface area contributed by atoms with E-state index in [4.69, 9.17) is 0 Å². The topological polar surface area (TPSA) is 0 Å². The Morgan fingerprint density at radius 1 is 0.545 bits per heavy atom. The third kappa shape index (κ3) is 3.12. The van der Waals surface area contributed by atoms with Crippen LogP contribution in [-0.2, 0) is 5.41 Å². The van der Waals surface area contributed by atoms with Gasteiger partial charge in [0.1, 0.15) is 0 Å². The molecule has 2 aliphatic carbocycles. The molecule has 0 radical (unpaired) electrons. The number of hydrogen-bond acceptors (Lipinski definition) is 0. The van der Waals surface area contributed by atoms with Crippen LogP contribution in [0.25, 0.3) is 60.5 Å². The maximum absolute atomic E-state index is 4.02. The Balaban J connectivity index is 1.46. The van der Waals surface area contributed by atoms with Crippen molar-refractivity contribution in [1.29, 1.82) is 0 Å². The Bertz CT molecular complexity index is 2300. The average molecular weight is 559 g/mol. The molecular formula is C44H30. The van der Waals surface area contributed by atoms with Gasteiger partial charge in [0.25, 0.3) is 0 Å². The zero-order valence-corrected chi connectivity index (χ0v) is 24.6. The highest BCUT2D eigenvalue weighted by Crippen LogP contribution is 2.65. The van der Waals surface area contributed by atoms with Crippen LogP contribution in [0.1, 0.15) is 34.7 Å². The molecule has 206 valence electrons. The molecule has 9 rings (SSSR count). The highest BCUT2D eigenvalue weighted by molar-refractivity contribution is 6.14. The van der Waals surface area contributed by atoms with E-state index in [1.54, 1.807) is 0 Å². The molecule has 0 bridgehead atoms. The molecule has 0 saturated heterocycles. The van der Waals surface area contributed by atoms with Crippen LogP contribution in [0.4, 0.5) is 0 Å². The van der Waals surface area contributed by atoms with Crippen LogP contribution < -0.4 is 0 Å². The Morgan fingerprint density at radius 3 is 1.84 bits per heavy atom. The lowest BCUT2D eigenvalue weighted by molar-refractivity contribution is 0.802. The second-order valence-corrected chi connectivity index (χ2v) is 12.0. The smallest absolute Gasteiger partial charge is 0.0731 e. The van der Waals surface area contributed by atoms with Crippen molar-refractivity contribution in [2.24, 2.45) is 0 Å². The minimum Gasteiger partial charge on any atom is -0.0985 e. The fourth-order valence-electron chi connectivity index (χ4n) is 8.26. The number of benzene rings is 7. The van der Waals surface area contributed by atoms with Crippen molar-refractivity contribution in [2.75, 3.05) is 0 Å². The molecule has 7 aromatic rings. The van der Waals surface area contributed by atoms with Crippen LogP contribution in [0, 0.1) is 0 Å². The van der Waals surface area contributed by atoms with Crippen LogP contribution in [0.3, 0.4) is 0 Å². The predicted octanol–water partition coefficient (Wildman–Crippen LogP) is 11.6. The summed E-state index contributed by atoms with van der Waals surface area (Å²) in [6.45, 7) is 6.09. The van der Waals surface area contributed by atoms with Gasteiger partial charge in [-0.15, -0.1) is 0 Å². The normalized spacial score (nSPS) is 14.0. The summed E-state index contributed by atoms with van der Waals surface area (Å²) in [6, 6.07) is 52.3. The van der Waals surface area contributed by atoms with E-state index < -0.39 is 5.41 Å². The molecule has 0 aliphatic heterocycles. The first-order chi connectivity index (χ1) is 21.8. The standard InChI is InChI=1S/C44H30/c1-3-28(4-2)29-21-23-31(24-22-29)38-27-41-42(36-18-8-7-15-33(36)38)37-26-25-30-13-5-6-14-32(30)43(37)44(41)39-19-11-9-16-34(39)35-17-10-12-20-40(35)44/h3-27H,1H2,2H3/b28-4+. The van der Waals surface area contributed by atoms with Crippen molar-refractivity contribution in [2.45, 2.75) is 12.3 Å². The Kier molecular flexibility index (Phi) is 5.28. The van der Waals surface area contributed by atoms with E-state index in [1.165, 1.54) is 82.7 Å². The highest BCUT2D eigenvalue weighted by atomic mass is 14.5. The molecule has 0 saturated carbocycles. The maximum atomic E-state index is 4.02. The average Bonchev–Trinajstić information content (AvgIpc) is 3.56. The first-order valence-electron chi connectivity index (χ1n) is 15.4. The molecule has 0 heteroatoms. The van der Waals surface area contributed by atoms with Gasteiger partial charge in [0.15, 0.2) is 0 Å². The van der Waals surface area contributed by atoms with Crippen LogP contribution >= 0.6 is 0 Å². The van der Waals surface area contributed by atoms with Crippen molar-refractivity contribution in [3.63, 3.8) is 0 Å². The van der Waals surface area contributed by atoms with Crippen molar-refractivity contribution >= 4 is 27.1 Å². The predicted molar refractivity (Wildman–Crippen MR) is 187 cm³/mol. The van der Waals surface area contributed by atoms with E-state index in [0.717, 1.165) is 5.57 Å². The van der Waals surface area contributed by atoms with Gasteiger partial charge in [0.2, 0.25) is 0 Å². The van der Waals surface area contributed by atoms with Gasteiger partial charge < -0.3 is 0 Å². The zero-order chi connectivity index (χ0) is 29.4. The second-order valence-electron chi connectivity index (χ2n) is 12.0. The van der Waals surface area contributed by atoms with Crippen LogP contribution in [0.15, 0.2) is 158 Å². The molecule has 0 unspecified atom stereocenters. The fraction of sp³-hybridized carbons (Fsp3) is 0.0455. The van der Waals surface area contributed by atoms with Gasteiger partial charge >= 0.3 is 0 Å². The van der Waals surface area contributed by atoms with E-state index in [1.807, 2.05) is 6.08 Å². The monoisotopic (exact) mass is 558 g/mol. The van der Waals surface area contributed by atoms with Crippen LogP contribution in [0.5, 0.6) is 0 Å². The SMILES string of the molecule is C=C/C(=C\C)c1ccc(-c2cc3c(c4ccccc24)-c2ccc4ccccc4c2C32c3ccccc3-c3ccccc32)cc1. The lowest BCUT2D eigenvalue weighted by Gasteiger charge is -2.32. The summed E-state index contributed by atoms with van der Waals surface area (Å²) in [5, 5.41) is 5.19. The van der Waals surface area contributed by atoms with Gasteiger partial charge in [-0.1, -0.05) is 152 Å². The van der Waals surface area contributed by atoms with Crippen molar-refractivity contribution in [3.8, 4) is 33.4 Å². The third-order valence-electron chi connectivity index (χ3n) is 10.0. The minimum absolute atomic E-state index is 0.418. The minimum atomic E-state index is -0.418. The third-order valence-corrected chi connectivity index (χ3v) is 10.0. The Hall–Kier alpha value is -5.46.